The monoisotopic (exact) mass is 348 g/mol. The van der Waals surface area contributed by atoms with Crippen molar-refractivity contribution in [1.29, 1.82) is 0 Å². The number of hydrogen-bond donors (Lipinski definition) is 1. The van der Waals surface area contributed by atoms with Gasteiger partial charge in [0.05, 0.1) is 6.04 Å². The molecule has 1 N–H and O–H groups in total. The average Bonchev–Trinajstić information content (AvgIpc) is 3.30. The first-order chi connectivity index (χ1) is 10.8. The first-order valence-electron chi connectivity index (χ1n) is 7.29. The molecule has 0 spiro atoms. The Balaban J connectivity index is 0.000000276. The Labute approximate surface area is 146 Å². The molecule has 0 aliphatic carbocycles. The Morgan fingerprint density at radius 3 is 2.30 bits per heavy atom. The molecular weight excluding hydrogens is 331 g/mol. The number of nitrogens with one attached hydrogen (secondary N) is 1. The van der Waals surface area contributed by atoms with Crippen LogP contribution in [0.4, 0.5) is 4.39 Å². The van der Waals surface area contributed by atoms with Crippen molar-refractivity contribution in [2.24, 2.45) is 5.10 Å². The third-order valence-electron chi connectivity index (χ3n) is 3.58. The van der Waals surface area contributed by atoms with Crippen molar-refractivity contribution >= 4 is 5.71 Å². The van der Waals surface area contributed by atoms with E-state index in [1.54, 1.807) is 12.1 Å². The smallest absolute Gasteiger partial charge is 0.312 e. The third kappa shape index (κ3) is 4.65. The van der Waals surface area contributed by atoms with Crippen LogP contribution in [0.1, 0.15) is 23.6 Å². The maximum absolute atomic E-state index is 12.8. The van der Waals surface area contributed by atoms with Crippen LogP contribution in [0.5, 0.6) is 0 Å². The molecule has 1 atom stereocenters. The SMILES string of the molecule is Fc1ccc(C2CC(c3ccc[cH-]3)=NN2)cc1.[Fe+2].c1cc[cH-]c1. The van der Waals surface area contributed by atoms with Crippen LogP contribution in [0, 0.1) is 5.82 Å². The molecule has 0 fully saturated rings. The summed E-state index contributed by atoms with van der Waals surface area (Å²) in [5.41, 5.74) is 6.38. The van der Waals surface area contributed by atoms with E-state index in [9.17, 15) is 4.39 Å². The molecule has 0 saturated carbocycles. The second-order valence-electron chi connectivity index (χ2n) is 5.13. The van der Waals surface area contributed by atoms with E-state index in [-0.39, 0.29) is 28.9 Å². The zero-order chi connectivity index (χ0) is 15.2. The van der Waals surface area contributed by atoms with E-state index in [4.69, 9.17) is 0 Å². The summed E-state index contributed by atoms with van der Waals surface area (Å²) in [5.74, 6) is -0.205. The second-order valence-corrected chi connectivity index (χ2v) is 5.13. The fourth-order valence-electron chi connectivity index (χ4n) is 2.40. The van der Waals surface area contributed by atoms with E-state index in [0.29, 0.717) is 0 Å². The van der Waals surface area contributed by atoms with Crippen LogP contribution in [-0.2, 0) is 17.1 Å². The summed E-state index contributed by atoms with van der Waals surface area (Å²) in [6, 6.07) is 24.8. The normalized spacial score (nSPS) is 15.7. The van der Waals surface area contributed by atoms with Gasteiger partial charge in [-0.2, -0.15) is 36.4 Å². The topological polar surface area (TPSA) is 24.4 Å². The maximum Gasteiger partial charge on any atom is 2.00 e. The van der Waals surface area contributed by atoms with Crippen molar-refractivity contribution in [3.63, 3.8) is 0 Å². The van der Waals surface area contributed by atoms with Gasteiger partial charge in [0.15, 0.2) is 0 Å². The molecule has 0 amide bonds. The van der Waals surface area contributed by atoms with Gasteiger partial charge in [-0.05, 0) is 29.8 Å². The summed E-state index contributed by atoms with van der Waals surface area (Å²) in [4.78, 5) is 0. The van der Waals surface area contributed by atoms with Crippen molar-refractivity contribution in [3.8, 4) is 0 Å². The Hall–Kier alpha value is -2.16. The Morgan fingerprint density at radius 1 is 1.00 bits per heavy atom. The molecule has 0 bridgehead atoms. The van der Waals surface area contributed by atoms with Crippen LogP contribution in [-0.4, -0.2) is 5.71 Å². The predicted octanol–water partition coefficient (Wildman–Crippen LogP) is 4.39. The van der Waals surface area contributed by atoms with Gasteiger partial charge in [-0.3, -0.25) is 0 Å². The van der Waals surface area contributed by atoms with Crippen molar-refractivity contribution in [2.45, 2.75) is 12.5 Å². The van der Waals surface area contributed by atoms with Gasteiger partial charge in [0, 0.05) is 0 Å². The van der Waals surface area contributed by atoms with Crippen LogP contribution in [0.2, 0.25) is 0 Å². The van der Waals surface area contributed by atoms with E-state index >= 15 is 0 Å². The molecule has 0 saturated heterocycles. The molecule has 1 aliphatic rings. The van der Waals surface area contributed by atoms with Crippen LogP contribution >= 0.6 is 0 Å². The standard InChI is InChI=1S/C14H12FN2.C5H5.Fe/c15-12-7-5-11(6-8-12)14-9-13(16-17-14)10-3-1-2-4-10;1-2-4-5-3-1;/h1-8,14,17H,9H2;1-5H;/q2*-1;+2. The van der Waals surface area contributed by atoms with Gasteiger partial charge in [-0.25, -0.2) is 21.6 Å². The predicted molar refractivity (Wildman–Crippen MR) is 87.5 cm³/mol. The molecule has 118 valence electrons. The quantitative estimate of drug-likeness (QED) is 0.539. The molecule has 0 aromatic heterocycles. The number of hydrazone groups is 1. The molecule has 4 rings (SSSR count). The molecular formula is C19H17FFeN2. The van der Waals surface area contributed by atoms with Crippen LogP contribution in [0.3, 0.4) is 0 Å². The summed E-state index contributed by atoms with van der Waals surface area (Å²) >= 11 is 0. The van der Waals surface area contributed by atoms with Crippen LogP contribution in [0.15, 0.2) is 84.0 Å². The van der Waals surface area contributed by atoms with Gasteiger partial charge in [0.25, 0.3) is 0 Å². The third-order valence-corrected chi connectivity index (χ3v) is 3.58. The van der Waals surface area contributed by atoms with Gasteiger partial charge in [0.2, 0.25) is 0 Å². The number of rotatable bonds is 2. The molecule has 1 unspecified atom stereocenters. The number of nitrogens with zero attached hydrogens (tertiary/aromatic N) is 1. The van der Waals surface area contributed by atoms with E-state index in [1.807, 2.05) is 54.6 Å². The summed E-state index contributed by atoms with van der Waals surface area (Å²) in [6.45, 7) is 0. The van der Waals surface area contributed by atoms with Crippen LogP contribution in [0.25, 0.3) is 0 Å². The van der Waals surface area contributed by atoms with Crippen molar-refractivity contribution in [1.82, 2.24) is 5.43 Å². The number of hydrogen-bond acceptors (Lipinski definition) is 2. The summed E-state index contributed by atoms with van der Waals surface area (Å²) in [5, 5.41) is 4.33. The Kier molecular flexibility index (Phi) is 6.33. The van der Waals surface area contributed by atoms with Gasteiger partial charge >= 0.3 is 17.1 Å². The number of halogens is 1. The molecule has 2 nitrogen and oxygen atoms in total. The molecule has 3 aromatic rings. The minimum absolute atomic E-state index is 0. The molecule has 4 heteroatoms. The Morgan fingerprint density at radius 2 is 1.74 bits per heavy atom. The fraction of sp³-hybridized carbons (Fsp3) is 0.105. The van der Waals surface area contributed by atoms with Gasteiger partial charge in [-0.15, -0.1) is 11.6 Å². The molecule has 23 heavy (non-hydrogen) atoms. The largest absolute Gasteiger partial charge is 2.00 e. The molecule has 1 heterocycles. The molecule has 0 radical (unpaired) electrons. The van der Waals surface area contributed by atoms with Crippen molar-refractivity contribution in [2.75, 3.05) is 0 Å². The number of benzene rings is 1. The second kappa shape index (κ2) is 8.47. The van der Waals surface area contributed by atoms with E-state index in [1.165, 1.54) is 12.1 Å². The first kappa shape index (κ1) is 17.2. The molecule has 1 aliphatic heterocycles. The maximum atomic E-state index is 12.8. The first-order valence-corrected chi connectivity index (χ1v) is 7.29. The van der Waals surface area contributed by atoms with Crippen molar-refractivity contribution < 1.29 is 21.5 Å². The van der Waals surface area contributed by atoms with E-state index < -0.39 is 0 Å². The average molecular weight is 348 g/mol. The summed E-state index contributed by atoms with van der Waals surface area (Å²) in [6.07, 6.45) is 0.843. The summed E-state index contributed by atoms with van der Waals surface area (Å²) < 4.78 is 12.8. The summed E-state index contributed by atoms with van der Waals surface area (Å²) in [7, 11) is 0. The zero-order valence-corrected chi connectivity index (χ0v) is 13.6. The van der Waals surface area contributed by atoms with Gasteiger partial charge < -0.3 is 5.43 Å². The minimum atomic E-state index is -0.205. The van der Waals surface area contributed by atoms with Crippen molar-refractivity contribution in [3.05, 3.63) is 95.8 Å². The van der Waals surface area contributed by atoms with Crippen LogP contribution < -0.4 is 5.43 Å². The van der Waals surface area contributed by atoms with E-state index in [2.05, 4.69) is 10.5 Å². The Bertz CT molecular complexity index is 683. The van der Waals surface area contributed by atoms with E-state index in [0.717, 1.165) is 23.3 Å². The molecule has 3 aromatic carbocycles. The fourth-order valence-corrected chi connectivity index (χ4v) is 2.40. The van der Waals surface area contributed by atoms with Gasteiger partial charge in [-0.1, -0.05) is 12.1 Å². The van der Waals surface area contributed by atoms with Gasteiger partial charge in [0.1, 0.15) is 5.82 Å². The minimum Gasteiger partial charge on any atom is -0.312 e. The zero-order valence-electron chi connectivity index (χ0n) is 12.5.